The van der Waals surface area contributed by atoms with Crippen LogP contribution in [0, 0.1) is 0 Å². The summed E-state index contributed by atoms with van der Waals surface area (Å²) in [5.41, 5.74) is 5.26. The minimum absolute atomic E-state index is 0.0285. The Bertz CT molecular complexity index is 306. The molecular formula is C10H21N4O3+. The summed E-state index contributed by atoms with van der Waals surface area (Å²) in [7, 11) is 3.47. The highest BCUT2D eigenvalue weighted by Crippen LogP contribution is 2.12. The number of nitrogens with two attached hydrogens (primary N) is 1. The Hall–Kier alpha value is -1.18. The molecule has 1 aliphatic heterocycles. The summed E-state index contributed by atoms with van der Waals surface area (Å²) >= 11 is 0. The molecule has 1 atom stereocenters. The number of ether oxygens (including phenoxy) is 1. The highest BCUT2D eigenvalue weighted by Gasteiger charge is 2.40. The predicted molar refractivity (Wildman–Crippen MR) is 61.7 cm³/mol. The number of amides is 2. The number of hydrogen-bond acceptors (Lipinski definition) is 5. The fourth-order valence-corrected chi connectivity index (χ4v) is 1.78. The van der Waals surface area contributed by atoms with Crippen molar-refractivity contribution in [2.45, 2.75) is 13.0 Å². The second kappa shape index (κ2) is 5.44. The largest absolute Gasteiger partial charge is 0.535 e. The van der Waals surface area contributed by atoms with E-state index in [1.807, 2.05) is 5.01 Å². The fraction of sp³-hybridized carbons (Fsp3) is 0.800. The molecule has 0 aliphatic carbocycles. The van der Waals surface area contributed by atoms with E-state index in [0.29, 0.717) is 26.2 Å². The van der Waals surface area contributed by atoms with Gasteiger partial charge < -0.3 is 15.8 Å². The summed E-state index contributed by atoms with van der Waals surface area (Å²) in [6, 6.07) is -0.421. The minimum atomic E-state index is -0.421. The number of hydrogen-bond donors (Lipinski definition) is 2. The Morgan fingerprint density at radius 1 is 1.53 bits per heavy atom. The van der Waals surface area contributed by atoms with Crippen LogP contribution in [0.5, 0.6) is 0 Å². The van der Waals surface area contributed by atoms with Gasteiger partial charge in [0, 0.05) is 6.54 Å². The lowest BCUT2D eigenvalue weighted by Crippen LogP contribution is -2.67. The van der Waals surface area contributed by atoms with Crippen LogP contribution in [0.4, 0.5) is 4.79 Å². The molecule has 98 valence electrons. The van der Waals surface area contributed by atoms with Crippen LogP contribution in [-0.4, -0.2) is 68.0 Å². The van der Waals surface area contributed by atoms with Crippen molar-refractivity contribution in [1.82, 2.24) is 10.3 Å². The zero-order chi connectivity index (χ0) is 13.1. The third-order valence-corrected chi connectivity index (χ3v) is 2.92. The van der Waals surface area contributed by atoms with Gasteiger partial charge in [-0.3, -0.25) is 4.79 Å². The van der Waals surface area contributed by atoms with Crippen molar-refractivity contribution >= 4 is 12.0 Å². The van der Waals surface area contributed by atoms with Crippen LogP contribution >= 0.6 is 0 Å². The average molecular weight is 245 g/mol. The SMILES string of the molecule is CCOC(=O)[N+](C)(C)N1CCN[C@H](C(N)=O)C1. The summed E-state index contributed by atoms with van der Waals surface area (Å²) in [6.45, 7) is 3.79. The second-order valence-corrected chi connectivity index (χ2v) is 4.42. The van der Waals surface area contributed by atoms with Gasteiger partial charge in [-0.1, -0.05) is 0 Å². The first-order valence-corrected chi connectivity index (χ1v) is 5.69. The van der Waals surface area contributed by atoms with E-state index in [1.54, 1.807) is 21.0 Å². The van der Waals surface area contributed by atoms with Crippen LogP contribution in [0.3, 0.4) is 0 Å². The number of carbonyl (C=O) groups excluding carboxylic acids is 2. The van der Waals surface area contributed by atoms with E-state index in [2.05, 4.69) is 5.32 Å². The molecule has 0 aromatic heterocycles. The second-order valence-electron chi connectivity index (χ2n) is 4.42. The van der Waals surface area contributed by atoms with E-state index < -0.39 is 11.9 Å². The molecule has 0 aromatic rings. The monoisotopic (exact) mass is 245 g/mol. The molecule has 0 radical (unpaired) electrons. The van der Waals surface area contributed by atoms with E-state index >= 15 is 0 Å². The highest BCUT2D eigenvalue weighted by molar-refractivity contribution is 5.80. The third kappa shape index (κ3) is 3.15. The van der Waals surface area contributed by atoms with Gasteiger partial charge in [0.2, 0.25) is 5.91 Å². The maximum absolute atomic E-state index is 11.8. The molecule has 0 unspecified atom stereocenters. The number of piperazine rings is 1. The van der Waals surface area contributed by atoms with Crippen molar-refractivity contribution < 1.29 is 18.9 Å². The lowest BCUT2D eigenvalue weighted by atomic mass is 10.2. The molecule has 2 amide bonds. The van der Waals surface area contributed by atoms with Crippen LogP contribution in [0.25, 0.3) is 0 Å². The first-order chi connectivity index (χ1) is 7.89. The summed E-state index contributed by atoms with van der Waals surface area (Å²) in [5, 5.41) is 4.88. The lowest BCUT2D eigenvalue weighted by Gasteiger charge is -2.40. The maximum atomic E-state index is 11.8. The molecule has 0 saturated carbocycles. The molecule has 1 rings (SSSR count). The Balaban J connectivity index is 2.70. The van der Waals surface area contributed by atoms with Gasteiger partial charge in [-0.25, -0.2) is 0 Å². The molecule has 0 bridgehead atoms. The first-order valence-electron chi connectivity index (χ1n) is 5.69. The molecule has 7 heteroatoms. The minimum Gasteiger partial charge on any atom is -0.419 e. The van der Waals surface area contributed by atoms with E-state index in [-0.39, 0.29) is 10.7 Å². The van der Waals surface area contributed by atoms with E-state index in [9.17, 15) is 9.59 Å². The van der Waals surface area contributed by atoms with Crippen molar-refractivity contribution in [3.8, 4) is 0 Å². The van der Waals surface area contributed by atoms with Crippen molar-refractivity contribution in [2.75, 3.05) is 40.3 Å². The van der Waals surface area contributed by atoms with Crippen LogP contribution in [-0.2, 0) is 9.53 Å². The fourth-order valence-electron chi connectivity index (χ4n) is 1.78. The zero-order valence-electron chi connectivity index (χ0n) is 10.6. The van der Waals surface area contributed by atoms with Gasteiger partial charge in [-0.2, -0.15) is 4.79 Å². The van der Waals surface area contributed by atoms with Crippen LogP contribution < -0.4 is 11.1 Å². The Kier molecular flexibility index (Phi) is 4.44. The van der Waals surface area contributed by atoms with Gasteiger partial charge >= 0.3 is 6.09 Å². The smallest absolute Gasteiger partial charge is 0.419 e. The molecule has 0 spiro atoms. The number of primary amides is 1. The first kappa shape index (κ1) is 13.9. The average Bonchev–Trinajstić information content (AvgIpc) is 2.29. The van der Waals surface area contributed by atoms with Gasteiger partial charge in [0.05, 0.1) is 33.8 Å². The van der Waals surface area contributed by atoms with Crippen molar-refractivity contribution in [2.24, 2.45) is 5.73 Å². The quantitative estimate of drug-likeness (QED) is 0.616. The Morgan fingerprint density at radius 2 is 2.18 bits per heavy atom. The topological polar surface area (TPSA) is 84.7 Å². The number of carbonyl (C=O) groups is 2. The molecule has 1 heterocycles. The molecule has 17 heavy (non-hydrogen) atoms. The number of rotatable bonds is 3. The van der Waals surface area contributed by atoms with Crippen LogP contribution in [0.15, 0.2) is 0 Å². The van der Waals surface area contributed by atoms with Crippen molar-refractivity contribution in [3.05, 3.63) is 0 Å². The van der Waals surface area contributed by atoms with Gasteiger partial charge in [-0.15, -0.1) is 9.60 Å². The Morgan fingerprint density at radius 3 is 2.71 bits per heavy atom. The summed E-state index contributed by atoms with van der Waals surface area (Å²) in [5.74, 6) is -0.404. The summed E-state index contributed by atoms with van der Waals surface area (Å²) in [6.07, 6.45) is -0.336. The lowest BCUT2D eigenvalue weighted by molar-refractivity contribution is -0.939. The molecular weight excluding hydrogens is 224 g/mol. The van der Waals surface area contributed by atoms with E-state index in [1.165, 1.54) is 0 Å². The number of nitrogens with one attached hydrogen (secondary N) is 1. The molecule has 0 aromatic carbocycles. The molecule has 1 fully saturated rings. The van der Waals surface area contributed by atoms with Crippen LogP contribution in [0.1, 0.15) is 6.92 Å². The van der Waals surface area contributed by atoms with Gasteiger partial charge in [0.25, 0.3) is 0 Å². The summed E-state index contributed by atoms with van der Waals surface area (Å²) < 4.78 is 4.98. The van der Waals surface area contributed by atoms with Gasteiger partial charge in [-0.05, 0) is 6.92 Å². The Labute approximate surface area is 101 Å². The number of nitrogens with zero attached hydrogens (tertiary/aromatic N) is 2. The molecule has 1 aliphatic rings. The van der Waals surface area contributed by atoms with Gasteiger partial charge in [0.1, 0.15) is 6.04 Å². The van der Waals surface area contributed by atoms with E-state index in [4.69, 9.17) is 10.5 Å². The van der Waals surface area contributed by atoms with Crippen molar-refractivity contribution in [3.63, 3.8) is 0 Å². The van der Waals surface area contributed by atoms with Crippen LogP contribution in [0.2, 0.25) is 0 Å². The molecule has 3 N–H and O–H groups in total. The number of quaternary nitrogens is 1. The zero-order valence-corrected chi connectivity index (χ0v) is 10.6. The van der Waals surface area contributed by atoms with Gasteiger partial charge in [0.15, 0.2) is 0 Å². The standard InChI is InChI=1S/C10H20N4O3/c1-4-17-10(16)14(2,3)13-6-5-12-8(7-13)9(11)15/h8,12H,4-7H2,1-3H3,(H-,11,15)/p+1/t8-/m0/s1. The normalized spacial score (nSPS) is 22.2. The van der Waals surface area contributed by atoms with Crippen molar-refractivity contribution in [1.29, 1.82) is 0 Å². The van der Waals surface area contributed by atoms with E-state index in [0.717, 1.165) is 0 Å². The third-order valence-electron chi connectivity index (χ3n) is 2.92. The predicted octanol–water partition coefficient (Wildman–Crippen LogP) is -1.11. The molecule has 7 nitrogen and oxygen atoms in total. The summed E-state index contributed by atoms with van der Waals surface area (Å²) in [4.78, 5) is 22.9. The highest BCUT2D eigenvalue weighted by atomic mass is 16.6. The maximum Gasteiger partial charge on any atom is 0.535 e. The molecule has 1 saturated heterocycles.